The number of nitro benzene ring substituents is 1. The zero-order chi connectivity index (χ0) is 15.7. The van der Waals surface area contributed by atoms with Crippen LogP contribution in [0.1, 0.15) is 25.7 Å². The first-order valence-electron chi connectivity index (χ1n) is 5.97. The molecule has 0 fully saturated rings. The molecule has 0 saturated heterocycles. The highest BCUT2D eigenvalue weighted by Gasteiger charge is 2.27. The minimum absolute atomic E-state index is 0.0229. The van der Waals surface area contributed by atoms with E-state index in [1.165, 1.54) is 6.92 Å². The Hall–Kier alpha value is -2.42. The molecular weight excluding hydrogens is 288 g/mol. The third kappa shape index (κ3) is 2.72. The van der Waals surface area contributed by atoms with Gasteiger partial charge in [-0.25, -0.2) is 4.39 Å². The van der Waals surface area contributed by atoms with Crippen molar-refractivity contribution >= 4 is 5.69 Å². The Morgan fingerprint density at radius 1 is 1.38 bits per heavy atom. The largest absolute Gasteiger partial charge is 0.393 e. The number of hydrogen-bond donors (Lipinski definition) is 1. The molecule has 9 heteroatoms. The van der Waals surface area contributed by atoms with Crippen LogP contribution < -0.4 is 0 Å². The quantitative estimate of drug-likeness (QED) is 0.687. The summed E-state index contributed by atoms with van der Waals surface area (Å²) in [6.45, 7) is 3.07. The maximum atomic E-state index is 14.0. The van der Waals surface area contributed by atoms with Gasteiger partial charge in [0.05, 0.1) is 16.9 Å². The van der Waals surface area contributed by atoms with Crippen LogP contribution in [-0.4, -0.2) is 26.3 Å². The Labute approximate surface area is 117 Å². The first kappa shape index (κ1) is 15.0. The van der Waals surface area contributed by atoms with Gasteiger partial charge in [0.1, 0.15) is 11.4 Å². The zero-order valence-electron chi connectivity index (χ0n) is 11.1. The van der Waals surface area contributed by atoms with E-state index >= 15 is 0 Å². The average molecular weight is 299 g/mol. The molecule has 7 nitrogen and oxygen atoms in total. The van der Waals surface area contributed by atoms with E-state index in [4.69, 9.17) is 4.52 Å². The fraction of sp³-hybridized carbons (Fsp3) is 0.333. The van der Waals surface area contributed by atoms with Crippen molar-refractivity contribution < 1.29 is 23.3 Å². The molecule has 0 amide bonds. The molecule has 0 spiro atoms. The monoisotopic (exact) mass is 299 g/mol. The van der Waals surface area contributed by atoms with E-state index in [0.717, 1.165) is 6.07 Å². The molecule has 2 aromatic rings. The van der Waals surface area contributed by atoms with E-state index in [9.17, 15) is 24.0 Å². The lowest BCUT2D eigenvalue weighted by atomic mass is 10.1. The third-order valence-electron chi connectivity index (χ3n) is 3.05. The summed E-state index contributed by atoms with van der Waals surface area (Å²) in [6.07, 6.45) is -0.807. The van der Waals surface area contributed by atoms with E-state index in [2.05, 4.69) is 10.1 Å². The molecule has 21 heavy (non-hydrogen) atoms. The Balaban J connectivity index is 2.52. The summed E-state index contributed by atoms with van der Waals surface area (Å²) < 4.78 is 32.5. The van der Waals surface area contributed by atoms with Gasteiger partial charge in [-0.2, -0.15) is 9.37 Å². The van der Waals surface area contributed by atoms with Crippen molar-refractivity contribution in [2.75, 3.05) is 0 Å². The lowest BCUT2D eigenvalue weighted by Gasteiger charge is -2.08. The second kappa shape index (κ2) is 5.52. The van der Waals surface area contributed by atoms with Gasteiger partial charge >= 0.3 is 5.69 Å². The van der Waals surface area contributed by atoms with Gasteiger partial charge < -0.3 is 9.63 Å². The lowest BCUT2D eigenvalue weighted by Crippen LogP contribution is -2.11. The van der Waals surface area contributed by atoms with Gasteiger partial charge in [0.25, 0.3) is 0 Å². The van der Waals surface area contributed by atoms with Crippen molar-refractivity contribution in [2.45, 2.75) is 25.9 Å². The molecule has 0 aliphatic rings. The van der Waals surface area contributed by atoms with Gasteiger partial charge in [0, 0.05) is 6.07 Å². The molecule has 1 N–H and O–H groups in total. The lowest BCUT2D eigenvalue weighted by molar-refractivity contribution is -0.387. The van der Waals surface area contributed by atoms with Crippen molar-refractivity contribution in [1.29, 1.82) is 0 Å². The van der Waals surface area contributed by atoms with Gasteiger partial charge in [-0.1, -0.05) is 12.1 Å². The summed E-state index contributed by atoms with van der Waals surface area (Å²) >= 11 is 0. The minimum Gasteiger partial charge on any atom is -0.393 e. The molecule has 2 unspecified atom stereocenters. The second-order valence-electron chi connectivity index (χ2n) is 4.50. The van der Waals surface area contributed by atoms with Gasteiger partial charge in [-0.3, -0.25) is 10.1 Å². The number of aromatic nitrogens is 2. The number of benzene rings is 1. The molecule has 1 aromatic carbocycles. The van der Waals surface area contributed by atoms with Gasteiger partial charge in [0.15, 0.2) is 0 Å². The molecule has 0 aliphatic heterocycles. The van der Waals surface area contributed by atoms with Gasteiger partial charge in [-0.15, -0.1) is 0 Å². The predicted octanol–water partition coefficient (Wildman–Crippen LogP) is 2.41. The molecule has 112 valence electrons. The van der Waals surface area contributed by atoms with Crippen molar-refractivity contribution in [3.8, 4) is 11.4 Å². The van der Waals surface area contributed by atoms with Crippen LogP contribution >= 0.6 is 0 Å². The van der Waals surface area contributed by atoms with Crippen LogP contribution in [0.25, 0.3) is 11.4 Å². The van der Waals surface area contributed by atoms with E-state index in [1.807, 2.05) is 0 Å². The fourth-order valence-electron chi connectivity index (χ4n) is 1.62. The topological polar surface area (TPSA) is 102 Å². The number of nitro groups is 1. The fourth-order valence-corrected chi connectivity index (χ4v) is 1.62. The van der Waals surface area contributed by atoms with Crippen LogP contribution in [0, 0.1) is 21.7 Å². The highest BCUT2D eigenvalue weighted by atomic mass is 19.1. The van der Waals surface area contributed by atoms with E-state index in [0.29, 0.717) is 6.07 Å². The van der Waals surface area contributed by atoms with E-state index in [1.54, 1.807) is 6.92 Å². The first-order chi connectivity index (χ1) is 9.82. The van der Waals surface area contributed by atoms with E-state index < -0.39 is 45.7 Å². The molecular formula is C12H11F2N3O4. The van der Waals surface area contributed by atoms with Crippen molar-refractivity contribution in [3.05, 3.63) is 39.8 Å². The molecule has 0 aliphatic carbocycles. The summed E-state index contributed by atoms with van der Waals surface area (Å²) in [4.78, 5) is 13.5. The van der Waals surface area contributed by atoms with Crippen LogP contribution in [0.15, 0.2) is 16.7 Å². The SMILES string of the molecule is CC(O)C(C)c1nc(-c2c(F)ccc([N+](=O)[O-])c2F)no1. The van der Waals surface area contributed by atoms with Crippen LogP contribution in [0.3, 0.4) is 0 Å². The van der Waals surface area contributed by atoms with Crippen LogP contribution in [0.4, 0.5) is 14.5 Å². The normalized spacial score (nSPS) is 14.0. The maximum Gasteiger partial charge on any atom is 0.305 e. The van der Waals surface area contributed by atoms with Crippen LogP contribution in [0.5, 0.6) is 0 Å². The standard InChI is InChI=1S/C12H11F2N3O4/c1-5(6(2)18)12-15-11(16-21-12)9-7(13)3-4-8(10(9)14)17(19)20/h3-6,18H,1-2H3. The van der Waals surface area contributed by atoms with Crippen LogP contribution in [0.2, 0.25) is 0 Å². The van der Waals surface area contributed by atoms with Gasteiger partial charge in [0.2, 0.25) is 17.5 Å². The molecule has 2 atom stereocenters. The highest BCUT2D eigenvalue weighted by molar-refractivity contribution is 5.61. The highest BCUT2D eigenvalue weighted by Crippen LogP contribution is 2.31. The third-order valence-corrected chi connectivity index (χ3v) is 3.05. The number of halogens is 2. The minimum atomic E-state index is -1.38. The predicted molar refractivity (Wildman–Crippen MR) is 66.4 cm³/mol. The molecule has 1 heterocycles. The van der Waals surface area contributed by atoms with Crippen molar-refractivity contribution in [1.82, 2.24) is 10.1 Å². The average Bonchev–Trinajstić information content (AvgIpc) is 2.86. The summed E-state index contributed by atoms with van der Waals surface area (Å²) in [5.74, 6) is -3.44. The van der Waals surface area contributed by atoms with E-state index in [-0.39, 0.29) is 5.89 Å². The number of aliphatic hydroxyl groups excluding tert-OH is 1. The van der Waals surface area contributed by atoms with Gasteiger partial charge in [-0.05, 0) is 13.0 Å². The Morgan fingerprint density at radius 2 is 2.05 bits per heavy atom. The molecule has 1 aromatic heterocycles. The maximum absolute atomic E-state index is 14.0. The summed E-state index contributed by atoms with van der Waals surface area (Å²) in [6, 6.07) is 1.47. The molecule has 0 radical (unpaired) electrons. The molecule has 0 bridgehead atoms. The number of rotatable bonds is 4. The summed E-state index contributed by atoms with van der Waals surface area (Å²) in [7, 11) is 0. The van der Waals surface area contributed by atoms with Crippen molar-refractivity contribution in [2.24, 2.45) is 0 Å². The van der Waals surface area contributed by atoms with Crippen molar-refractivity contribution in [3.63, 3.8) is 0 Å². The Morgan fingerprint density at radius 3 is 2.62 bits per heavy atom. The number of aliphatic hydroxyl groups is 1. The summed E-state index contributed by atoms with van der Waals surface area (Å²) in [5, 5.41) is 23.5. The zero-order valence-corrected chi connectivity index (χ0v) is 11.1. The second-order valence-corrected chi connectivity index (χ2v) is 4.50. The first-order valence-corrected chi connectivity index (χ1v) is 5.97. The molecule has 2 rings (SSSR count). The summed E-state index contributed by atoms with van der Waals surface area (Å²) in [5.41, 5.74) is -1.63. The smallest absolute Gasteiger partial charge is 0.305 e. The Kier molecular flexibility index (Phi) is 3.94. The number of hydrogen-bond acceptors (Lipinski definition) is 6. The number of nitrogens with zero attached hydrogens (tertiary/aromatic N) is 3. The van der Waals surface area contributed by atoms with Crippen LogP contribution in [-0.2, 0) is 0 Å². The Bertz CT molecular complexity index is 687. The molecule has 0 saturated carbocycles.